The van der Waals surface area contributed by atoms with Gasteiger partial charge in [-0.3, -0.25) is 0 Å². The molecule has 2 heterocycles. The van der Waals surface area contributed by atoms with Gasteiger partial charge in [-0.05, 0) is 36.4 Å². The Balaban J connectivity index is 1.63. The molecule has 0 bridgehead atoms. The van der Waals surface area contributed by atoms with Crippen LogP contribution in [0.2, 0.25) is 0 Å². The number of nitrogens with zero attached hydrogens (tertiary/aromatic N) is 3. The molecule has 130 valence electrons. The second-order valence-corrected chi connectivity index (χ2v) is 5.61. The summed E-state index contributed by atoms with van der Waals surface area (Å²) in [4.78, 5) is 15.5. The molecule has 5 nitrogen and oxygen atoms in total. The minimum atomic E-state index is -4.35. The quantitative estimate of drug-likeness (QED) is 0.555. The van der Waals surface area contributed by atoms with Crippen LogP contribution in [0.25, 0.3) is 22.4 Å². The molecule has 0 saturated carbocycles. The molecular weight excluding hydrogens is 343 g/mol. The van der Waals surface area contributed by atoms with Gasteiger partial charge >= 0.3 is 6.18 Å². The van der Waals surface area contributed by atoms with Gasteiger partial charge in [0.25, 0.3) is 0 Å². The number of hydrogen-bond acceptors (Lipinski definition) is 4. The van der Waals surface area contributed by atoms with Crippen LogP contribution in [0.15, 0.2) is 61.1 Å². The summed E-state index contributed by atoms with van der Waals surface area (Å²) < 4.78 is 38.0. The van der Waals surface area contributed by atoms with Crippen molar-refractivity contribution < 1.29 is 13.2 Å². The number of imidazole rings is 1. The number of rotatable bonds is 3. The standard InChI is InChI=1S/C18H12F3N5/c19-18(20,21)12-3-1-11(2-4-12)17-25-14-6-5-13(9-15(14)26-17)24-16-7-8-22-10-23-16/h1-10H,(H,25,26)(H,22,23,24). The number of alkyl halides is 3. The molecule has 2 aromatic heterocycles. The minimum absolute atomic E-state index is 0.507. The number of anilines is 2. The Morgan fingerprint density at radius 2 is 1.77 bits per heavy atom. The van der Waals surface area contributed by atoms with Crippen molar-refractivity contribution >= 4 is 22.5 Å². The molecule has 0 atom stereocenters. The van der Waals surface area contributed by atoms with Crippen LogP contribution in [-0.2, 0) is 6.18 Å². The lowest BCUT2D eigenvalue weighted by molar-refractivity contribution is -0.137. The van der Waals surface area contributed by atoms with E-state index in [0.717, 1.165) is 23.3 Å². The predicted molar refractivity (Wildman–Crippen MR) is 91.8 cm³/mol. The van der Waals surface area contributed by atoms with Crippen LogP contribution in [0, 0.1) is 0 Å². The molecule has 0 unspecified atom stereocenters. The number of fused-ring (bicyclic) bond motifs is 1. The Morgan fingerprint density at radius 1 is 0.962 bits per heavy atom. The summed E-state index contributed by atoms with van der Waals surface area (Å²) in [6, 6.07) is 12.2. The molecule has 8 heteroatoms. The summed E-state index contributed by atoms with van der Waals surface area (Å²) in [7, 11) is 0. The third-order valence-corrected chi connectivity index (χ3v) is 3.82. The highest BCUT2D eigenvalue weighted by Crippen LogP contribution is 2.31. The first kappa shape index (κ1) is 16.1. The number of nitrogens with one attached hydrogen (secondary N) is 2. The van der Waals surface area contributed by atoms with Gasteiger partial charge in [-0.25, -0.2) is 15.0 Å². The van der Waals surface area contributed by atoms with E-state index < -0.39 is 11.7 Å². The maximum Gasteiger partial charge on any atom is 0.416 e. The van der Waals surface area contributed by atoms with Crippen LogP contribution in [0.1, 0.15) is 5.56 Å². The molecule has 0 aliphatic heterocycles. The lowest BCUT2D eigenvalue weighted by Crippen LogP contribution is -2.04. The smallest absolute Gasteiger partial charge is 0.340 e. The molecule has 0 aliphatic rings. The molecule has 2 N–H and O–H groups in total. The molecule has 26 heavy (non-hydrogen) atoms. The van der Waals surface area contributed by atoms with Crippen molar-refractivity contribution in [2.75, 3.05) is 5.32 Å². The SMILES string of the molecule is FC(F)(F)c1ccc(-c2nc3ccc(Nc4ccncn4)cc3[nH]2)cc1. The van der Waals surface area contributed by atoms with E-state index >= 15 is 0 Å². The fraction of sp³-hybridized carbons (Fsp3) is 0.0556. The van der Waals surface area contributed by atoms with Gasteiger partial charge in [0, 0.05) is 17.4 Å². The number of H-pyrrole nitrogens is 1. The molecule has 4 rings (SSSR count). The molecule has 4 aromatic rings. The number of halogens is 3. The van der Waals surface area contributed by atoms with Crippen molar-refractivity contribution in [1.29, 1.82) is 0 Å². The summed E-state index contributed by atoms with van der Waals surface area (Å²) >= 11 is 0. The maximum atomic E-state index is 12.7. The van der Waals surface area contributed by atoms with Gasteiger partial charge in [0.15, 0.2) is 0 Å². The lowest BCUT2D eigenvalue weighted by Gasteiger charge is -2.06. The molecule has 0 amide bonds. The monoisotopic (exact) mass is 355 g/mol. The molecule has 0 radical (unpaired) electrons. The Kier molecular flexibility index (Phi) is 3.80. The van der Waals surface area contributed by atoms with Crippen LogP contribution < -0.4 is 5.32 Å². The average Bonchev–Trinajstić information content (AvgIpc) is 3.05. The third-order valence-electron chi connectivity index (χ3n) is 3.82. The van der Waals surface area contributed by atoms with Gasteiger partial charge in [-0.2, -0.15) is 13.2 Å². The van der Waals surface area contributed by atoms with Gasteiger partial charge in [0.1, 0.15) is 18.0 Å². The summed E-state index contributed by atoms with van der Waals surface area (Å²) in [6.45, 7) is 0. The molecule has 2 aromatic carbocycles. The Morgan fingerprint density at radius 3 is 2.46 bits per heavy atom. The van der Waals surface area contributed by atoms with Crippen molar-refractivity contribution in [2.45, 2.75) is 6.18 Å². The first-order valence-electron chi connectivity index (χ1n) is 7.69. The molecule has 0 fully saturated rings. The Labute approximate surface area is 146 Å². The van der Waals surface area contributed by atoms with Crippen LogP contribution >= 0.6 is 0 Å². The first-order chi connectivity index (χ1) is 12.5. The van der Waals surface area contributed by atoms with Gasteiger partial charge in [0.05, 0.1) is 16.6 Å². The van der Waals surface area contributed by atoms with Gasteiger partial charge < -0.3 is 10.3 Å². The normalized spacial score (nSPS) is 11.7. The van der Waals surface area contributed by atoms with E-state index in [4.69, 9.17) is 0 Å². The fourth-order valence-corrected chi connectivity index (χ4v) is 2.55. The van der Waals surface area contributed by atoms with Crippen LogP contribution in [0.3, 0.4) is 0 Å². The predicted octanol–water partition coefficient (Wildman–Crippen LogP) is 4.78. The molecule has 0 spiro atoms. The topological polar surface area (TPSA) is 66.5 Å². The highest BCUT2D eigenvalue weighted by Gasteiger charge is 2.30. The highest BCUT2D eigenvalue weighted by molar-refractivity contribution is 5.83. The van der Waals surface area contributed by atoms with E-state index in [-0.39, 0.29) is 0 Å². The molecular formula is C18H12F3N5. The van der Waals surface area contributed by atoms with Crippen molar-refractivity contribution in [2.24, 2.45) is 0 Å². The lowest BCUT2D eigenvalue weighted by atomic mass is 10.1. The number of hydrogen-bond donors (Lipinski definition) is 2. The van der Waals surface area contributed by atoms with E-state index in [2.05, 4.69) is 25.3 Å². The minimum Gasteiger partial charge on any atom is -0.340 e. The van der Waals surface area contributed by atoms with Gasteiger partial charge in [0.2, 0.25) is 0 Å². The average molecular weight is 355 g/mol. The molecule has 0 saturated heterocycles. The van der Waals surface area contributed by atoms with E-state index in [1.807, 2.05) is 18.2 Å². The van der Waals surface area contributed by atoms with Crippen molar-refractivity contribution in [3.05, 3.63) is 66.6 Å². The Bertz CT molecular complexity index is 1040. The van der Waals surface area contributed by atoms with Crippen molar-refractivity contribution in [1.82, 2.24) is 19.9 Å². The van der Waals surface area contributed by atoms with Crippen molar-refractivity contribution in [3.63, 3.8) is 0 Å². The summed E-state index contributed by atoms with van der Waals surface area (Å²) in [5, 5.41) is 3.15. The Hall–Kier alpha value is -3.42. The highest BCUT2D eigenvalue weighted by atomic mass is 19.4. The number of aromatic nitrogens is 4. The zero-order chi connectivity index (χ0) is 18.1. The largest absolute Gasteiger partial charge is 0.416 e. The molecule has 0 aliphatic carbocycles. The van der Waals surface area contributed by atoms with Crippen LogP contribution in [0.4, 0.5) is 24.7 Å². The van der Waals surface area contributed by atoms with E-state index in [1.54, 1.807) is 12.3 Å². The number of aromatic amines is 1. The van der Waals surface area contributed by atoms with E-state index in [9.17, 15) is 13.2 Å². The van der Waals surface area contributed by atoms with Gasteiger partial charge in [-0.15, -0.1) is 0 Å². The zero-order valence-electron chi connectivity index (χ0n) is 13.2. The summed E-state index contributed by atoms with van der Waals surface area (Å²) in [5.41, 5.74) is 2.18. The van der Waals surface area contributed by atoms with Crippen LogP contribution in [0.5, 0.6) is 0 Å². The van der Waals surface area contributed by atoms with Gasteiger partial charge in [-0.1, -0.05) is 12.1 Å². The van der Waals surface area contributed by atoms with E-state index in [0.29, 0.717) is 22.7 Å². The summed E-state index contributed by atoms with van der Waals surface area (Å²) in [5.74, 6) is 1.16. The second kappa shape index (κ2) is 6.14. The van der Waals surface area contributed by atoms with Crippen LogP contribution in [-0.4, -0.2) is 19.9 Å². The number of benzene rings is 2. The zero-order valence-corrected chi connectivity index (χ0v) is 13.2. The third kappa shape index (κ3) is 3.21. The second-order valence-electron chi connectivity index (χ2n) is 5.61. The van der Waals surface area contributed by atoms with Crippen molar-refractivity contribution in [3.8, 4) is 11.4 Å². The first-order valence-corrected chi connectivity index (χ1v) is 7.69. The maximum absolute atomic E-state index is 12.7. The van der Waals surface area contributed by atoms with E-state index in [1.165, 1.54) is 18.5 Å². The summed E-state index contributed by atoms with van der Waals surface area (Å²) in [6.07, 6.45) is -1.28. The fourth-order valence-electron chi connectivity index (χ4n) is 2.55.